The van der Waals surface area contributed by atoms with Gasteiger partial charge in [-0.25, -0.2) is 0 Å². The molecule has 0 spiro atoms. The van der Waals surface area contributed by atoms with E-state index in [0.717, 1.165) is 75.5 Å². The second-order valence-electron chi connectivity index (χ2n) is 16.5. The molecule has 6 nitrogen and oxygen atoms in total. The lowest BCUT2D eigenvalue weighted by Crippen LogP contribution is -3.00. The van der Waals surface area contributed by atoms with Crippen LogP contribution in [0.4, 0.5) is 0 Å². The van der Waals surface area contributed by atoms with E-state index in [1.807, 2.05) is 0 Å². The van der Waals surface area contributed by atoms with Crippen molar-refractivity contribution in [2.24, 2.45) is 0 Å². The van der Waals surface area contributed by atoms with Gasteiger partial charge in [0, 0.05) is 25.9 Å². The van der Waals surface area contributed by atoms with Crippen LogP contribution in [-0.2, 0) is 19.1 Å². The standard InChI is InChI=1S/C46H92NO5.HI/c1-5-8-11-14-17-26-33-43-51-45(49)37-29-22-18-24-31-39-47(4,41-34-42-48)40-32-25-19-23-30-38-46(50)52-44(35-27-20-15-12-9-6-2)36-28-21-16-13-10-7-3;/h44,48H,5-43H2,1-4H3;1H/q+1;/p-1. The molecule has 7 heteroatoms. The fourth-order valence-electron chi connectivity index (χ4n) is 7.50. The topological polar surface area (TPSA) is 72.8 Å². The molecule has 0 saturated carbocycles. The van der Waals surface area contributed by atoms with Crippen molar-refractivity contribution >= 4 is 11.9 Å². The van der Waals surface area contributed by atoms with Crippen LogP contribution in [0, 0.1) is 0 Å². The quantitative estimate of drug-likeness (QED) is 0.0286. The molecule has 318 valence electrons. The van der Waals surface area contributed by atoms with Crippen LogP contribution in [0.1, 0.15) is 239 Å². The van der Waals surface area contributed by atoms with E-state index in [2.05, 4.69) is 27.8 Å². The third kappa shape index (κ3) is 39.6. The minimum Gasteiger partial charge on any atom is -1.00 e. The molecule has 0 amide bonds. The number of esters is 2. The number of hydrogen-bond acceptors (Lipinski definition) is 5. The monoisotopic (exact) mass is 866 g/mol. The molecule has 0 rings (SSSR count). The third-order valence-electron chi connectivity index (χ3n) is 11.1. The van der Waals surface area contributed by atoms with Gasteiger partial charge in [-0.05, 0) is 70.6 Å². The lowest BCUT2D eigenvalue weighted by atomic mass is 10.0. The summed E-state index contributed by atoms with van der Waals surface area (Å²) < 4.78 is 12.5. The summed E-state index contributed by atoms with van der Waals surface area (Å²) in [5.74, 6) is -0.000600. The molecule has 0 aromatic heterocycles. The van der Waals surface area contributed by atoms with E-state index in [-0.39, 0.29) is 48.6 Å². The molecular formula is C46H92INO5. The van der Waals surface area contributed by atoms with Crippen LogP contribution in [0.5, 0.6) is 0 Å². The average molecular weight is 866 g/mol. The number of nitrogens with zero attached hydrogens (tertiary/aromatic N) is 1. The third-order valence-corrected chi connectivity index (χ3v) is 11.1. The first-order chi connectivity index (χ1) is 25.4. The minimum absolute atomic E-state index is 0. The Bertz CT molecular complexity index is 752. The predicted octanol–water partition coefficient (Wildman–Crippen LogP) is 10.2. The first-order valence-electron chi connectivity index (χ1n) is 23.2. The number of hydrogen-bond donors (Lipinski definition) is 1. The van der Waals surface area contributed by atoms with Crippen molar-refractivity contribution in [1.29, 1.82) is 0 Å². The van der Waals surface area contributed by atoms with E-state index in [4.69, 9.17) is 9.47 Å². The van der Waals surface area contributed by atoms with E-state index in [1.54, 1.807) is 0 Å². The molecule has 0 aliphatic rings. The predicted molar refractivity (Wildman–Crippen MR) is 223 cm³/mol. The molecule has 0 aromatic carbocycles. The van der Waals surface area contributed by atoms with E-state index in [9.17, 15) is 14.7 Å². The molecule has 0 heterocycles. The molecule has 1 unspecified atom stereocenters. The largest absolute Gasteiger partial charge is 1.00 e. The molecule has 0 radical (unpaired) electrons. The van der Waals surface area contributed by atoms with Gasteiger partial charge in [0.25, 0.3) is 0 Å². The van der Waals surface area contributed by atoms with Crippen LogP contribution in [-0.4, -0.2) is 67.5 Å². The zero-order valence-electron chi connectivity index (χ0n) is 36.1. The zero-order valence-corrected chi connectivity index (χ0v) is 38.2. The maximum absolute atomic E-state index is 12.8. The summed E-state index contributed by atoms with van der Waals surface area (Å²) in [5.41, 5.74) is 0. The number of aliphatic hydroxyl groups excluding tert-OH is 1. The number of ether oxygens (including phenoxy) is 2. The fraction of sp³-hybridized carbons (Fsp3) is 0.957. The van der Waals surface area contributed by atoms with Crippen molar-refractivity contribution in [3.8, 4) is 0 Å². The zero-order chi connectivity index (χ0) is 38.2. The highest BCUT2D eigenvalue weighted by Crippen LogP contribution is 2.19. The van der Waals surface area contributed by atoms with Crippen LogP contribution >= 0.6 is 0 Å². The Morgan fingerprint density at radius 2 is 0.830 bits per heavy atom. The molecule has 1 N–H and O–H groups in total. The Morgan fingerprint density at radius 3 is 1.28 bits per heavy atom. The smallest absolute Gasteiger partial charge is 0.306 e. The second kappa shape index (κ2) is 42.7. The molecule has 0 saturated heterocycles. The van der Waals surface area contributed by atoms with Crippen LogP contribution in [0.25, 0.3) is 0 Å². The second-order valence-corrected chi connectivity index (χ2v) is 16.5. The molecule has 0 aromatic rings. The Labute approximate surface area is 348 Å². The molecule has 53 heavy (non-hydrogen) atoms. The van der Waals surface area contributed by atoms with Crippen LogP contribution in [0.2, 0.25) is 0 Å². The number of carbonyl (C=O) groups is 2. The van der Waals surface area contributed by atoms with Crippen molar-refractivity contribution in [1.82, 2.24) is 0 Å². The molecule has 0 aliphatic carbocycles. The first kappa shape index (κ1) is 54.7. The number of quaternary nitrogens is 1. The maximum Gasteiger partial charge on any atom is 0.306 e. The van der Waals surface area contributed by atoms with Gasteiger partial charge in [0.2, 0.25) is 0 Å². The summed E-state index contributed by atoms with van der Waals surface area (Å²) in [6, 6.07) is 0. The van der Waals surface area contributed by atoms with Crippen molar-refractivity contribution in [2.75, 3.05) is 39.9 Å². The number of rotatable bonds is 42. The maximum atomic E-state index is 12.8. The number of halogens is 1. The van der Waals surface area contributed by atoms with Gasteiger partial charge in [-0.2, -0.15) is 0 Å². The first-order valence-corrected chi connectivity index (χ1v) is 23.2. The molecule has 1 atom stereocenters. The Kier molecular flexibility index (Phi) is 44.1. The normalized spacial score (nSPS) is 12.5. The van der Waals surface area contributed by atoms with E-state index >= 15 is 0 Å². The highest BCUT2D eigenvalue weighted by molar-refractivity contribution is 5.69. The Balaban J connectivity index is 0. The van der Waals surface area contributed by atoms with Gasteiger partial charge < -0.3 is 43.0 Å². The van der Waals surface area contributed by atoms with E-state index < -0.39 is 0 Å². The minimum atomic E-state index is -0.0228. The average Bonchev–Trinajstić information content (AvgIpc) is 3.13. The summed E-state index contributed by atoms with van der Waals surface area (Å²) >= 11 is 0. The fourth-order valence-corrected chi connectivity index (χ4v) is 7.50. The van der Waals surface area contributed by atoms with Crippen molar-refractivity contribution in [2.45, 2.75) is 245 Å². The van der Waals surface area contributed by atoms with Crippen LogP contribution in [0.3, 0.4) is 0 Å². The van der Waals surface area contributed by atoms with Gasteiger partial charge in [0.15, 0.2) is 0 Å². The van der Waals surface area contributed by atoms with Gasteiger partial charge in [-0.1, -0.05) is 149 Å². The lowest BCUT2D eigenvalue weighted by Gasteiger charge is -2.35. The lowest BCUT2D eigenvalue weighted by molar-refractivity contribution is -0.910. The Hall–Kier alpha value is -0.410. The summed E-state index contributed by atoms with van der Waals surface area (Å²) in [6.45, 7) is 11.0. The van der Waals surface area contributed by atoms with Crippen LogP contribution < -0.4 is 24.0 Å². The van der Waals surface area contributed by atoms with Gasteiger partial charge in [0.05, 0.1) is 33.3 Å². The van der Waals surface area contributed by atoms with Gasteiger partial charge in [-0.15, -0.1) is 0 Å². The van der Waals surface area contributed by atoms with E-state index in [0.29, 0.717) is 19.4 Å². The van der Waals surface area contributed by atoms with Gasteiger partial charge in [-0.3, -0.25) is 9.59 Å². The number of carbonyl (C=O) groups excluding carboxylic acids is 2. The summed E-state index contributed by atoms with van der Waals surface area (Å²) in [5, 5.41) is 9.51. The van der Waals surface area contributed by atoms with Gasteiger partial charge >= 0.3 is 11.9 Å². The summed E-state index contributed by atoms with van der Waals surface area (Å²) in [4.78, 5) is 24.8. The van der Waals surface area contributed by atoms with Gasteiger partial charge in [0.1, 0.15) is 6.10 Å². The Morgan fingerprint density at radius 1 is 0.472 bits per heavy atom. The van der Waals surface area contributed by atoms with E-state index in [1.165, 1.54) is 154 Å². The highest BCUT2D eigenvalue weighted by Gasteiger charge is 2.20. The van der Waals surface area contributed by atoms with Crippen LogP contribution in [0.15, 0.2) is 0 Å². The summed E-state index contributed by atoms with van der Waals surface area (Å²) in [7, 11) is 2.36. The van der Waals surface area contributed by atoms with Crippen molar-refractivity contribution < 1.29 is 52.6 Å². The van der Waals surface area contributed by atoms with Crippen molar-refractivity contribution in [3.63, 3.8) is 0 Å². The molecular weight excluding hydrogens is 773 g/mol. The number of unbranched alkanes of at least 4 members (excludes halogenated alkanes) is 24. The molecule has 0 fully saturated rings. The molecule has 0 aliphatic heterocycles. The highest BCUT2D eigenvalue weighted by atomic mass is 127. The SMILES string of the molecule is CCCCCCCCCOC(=O)CCCCCCC[N+](C)(CCCO)CCCCCCCC(=O)OC(CCCCCCCC)CCCCCCCC.[I-]. The summed E-state index contributed by atoms with van der Waals surface area (Å²) in [6.07, 6.45) is 39.5. The number of aliphatic hydroxyl groups is 1. The molecule has 0 bridgehead atoms. The van der Waals surface area contributed by atoms with Crippen molar-refractivity contribution in [3.05, 3.63) is 0 Å².